The van der Waals surface area contributed by atoms with Gasteiger partial charge in [-0.15, -0.1) is 0 Å². The summed E-state index contributed by atoms with van der Waals surface area (Å²) in [5.41, 5.74) is 3.71. The van der Waals surface area contributed by atoms with Gasteiger partial charge >= 0.3 is 0 Å². The first-order chi connectivity index (χ1) is 11.5. The molecule has 1 amide bonds. The molecule has 0 unspecified atom stereocenters. The second-order valence-corrected chi connectivity index (χ2v) is 6.37. The van der Waals surface area contributed by atoms with E-state index in [1.54, 1.807) is 6.92 Å². The van der Waals surface area contributed by atoms with Crippen molar-refractivity contribution in [2.45, 2.75) is 46.1 Å². The highest BCUT2D eigenvalue weighted by Crippen LogP contribution is 2.25. The largest absolute Gasteiger partial charge is 0.490 e. The molecule has 0 saturated carbocycles. The van der Waals surface area contributed by atoms with Gasteiger partial charge in [-0.1, -0.05) is 22.4 Å². The summed E-state index contributed by atoms with van der Waals surface area (Å²) < 4.78 is 10.8. The molecule has 3 rings (SSSR count). The third-order valence-electron chi connectivity index (χ3n) is 4.71. The Labute approximate surface area is 141 Å². The fourth-order valence-electron chi connectivity index (χ4n) is 2.92. The third-order valence-corrected chi connectivity index (χ3v) is 4.71. The Kier molecular flexibility index (Phi) is 4.83. The molecule has 1 aromatic heterocycles. The second kappa shape index (κ2) is 7.03. The molecular formula is C18H23N3O3. The number of nitrogens with zero attached hydrogens (tertiary/aromatic N) is 3. The van der Waals surface area contributed by atoms with E-state index < -0.39 is 0 Å². The summed E-state index contributed by atoms with van der Waals surface area (Å²) in [6.45, 7) is 7.38. The Morgan fingerprint density at radius 2 is 2.00 bits per heavy atom. The zero-order chi connectivity index (χ0) is 17.1. The number of likely N-dealkylation sites (tertiary alicyclic amines) is 1. The normalized spacial score (nSPS) is 15.5. The number of ether oxygens (including phenoxy) is 1. The summed E-state index contributed by atoms with van der Waals surface area (Å²) in [4.78, 5) is 14.2. The molecule has 0 atom stereocenters. The van der Waals surface area contributed by atoms with E-state index in [-0.39, 0.29) is 18.4 Å². The third kappa shape index (κ3) is 3.58. The van der Waals surface area contributed by atoms with Crippen molar-refractivity contribution in [1.29, 1.82) is 0 Å². The standard InChI is InChI=1S/C18H23N3O3/c1-12-5-4-6-17(13(12)2)23-15-7-9-21(10-8-15)18(22)11-16-14(3)19-24-20-16/h4-6,15H,7-11H2,1-3H3. The van der Waals surface area contributed by atoms with E-state index in [9.17, 15) is 4.79 Å². The first-order valence-corrected chi connectivity index (χ1v) is 8.33. The number of aryl methyl sites for hydroxylation is 2. The molecule has 2 heterocycles. The van der Waals surface area contributed by atoms with Crippen LogP contribution in [-0.4, -0.2) is 40.3 Å². The molecule has 0 radical (unpaired) electrons. The number of carbonyl (C=O) groups excluding carboxylic acids is 1. The summed E-state index contributed by atoms with van der Waals surface area (Å²) in [6.07, 6.45) is 2.09. The van der Waals surface area contributed by atoms with Gasteiger partial charge in [0.05, 0.1) is 6.42 Å². The SMILES string of the molecule is Cc1cccc(OC2CCN(C(=O)Cc3nonc3C)CC2)c1C. The maximum absolute atomic E-state index is 12.4. The Bertz CT molecular complexity index is 718. The highest BCUT2D eigenvalue weighted by atomic mass is 16.6. The van der Waals surface area contributed by atoms with Gasteiger partial charge in [-0.05, 0) is 38.0 Å². The molecule has 1 fully saturated rings. The molecule has 128 valence electrons. The van der Waals surface area contributed by atoms with Crippen LogP contribution in [0, 0.1) is 20.8 Å². The van der Waals surface area contributed by atoms with Crippen LogP contribution in [0.1, 0.15) is 35.4 Å². The molecule has 24 heavy (non-hydrogen) atoms. The van der Waals surface area contributed by atoms with Gasteiger partial charge in [-0.3, -0.25) is 4.79 Å². The summed E-state index contributed by atoms with van der Waals surface area (Å²) >= 11 is 0. The lowest BCUT2D eigenvalue weighted by Crippen LogP contribution is -2.42. The zero-order valence-corrected chi connectivity index (χ0v) is 14.4. The van der Waals surface area contributed by atoms with E-state index in [1.807, 2.05) is 17.0 Å². The fourth-order valence-corrected chi connectivity index (χ4v) is 2.92. The molecule has 1 aliphatic heterocycles. The van der Waals surface area contributed by atoms with E-state index in [4.69, 9.17) is 4.74 Å². The topological polar surface area (TPSA) is 68.5 Å². The molecular weight excluding hydrogens is 306 g/mol. The van der Waals surface area contributed by atoms with E-state index >= 15 is 0 Å². The van der Waals surface area contributed by atoms with Crippen LogP contribution < -0.4 is 4.74 Å². The van der Waals surface area contributed by atoms with Crippen LogP contribution in [0.5, 0.6) is 5.75 Å². The van der Waals surface area contributed by atoms with Crippen molar-refractivity contribution < 1.29 is 14.2 Å². The first-order valence-electron chi connectivity index (χ1n) is 8.33. The van der Waals surface area contributed by atoms with Gasteiger partial charge in [0.25, 0.3) is 0 Å². The van der Waals surface area contributed by atoms with Gasteiger partial charge in [0.15, 0.2) is 0 Å². The fraction of sp³-hybridized carbons (Fsp3) is 0.500. The lowest BCUT2D eigenvalue weighted by atomic mass is 10.1. The quantitative estimate of drug-likeness (QED) is 0.862. The molecule has 0 spiro atoms. The Morgan fingerprint density at radius 1 is 1.25 bits per heavy atom. The van der Waals surface area contributed by atoms with Crippen LogP contribution >= 0.6 is 0 Å². The van der Waals surface area contributed by atoms with Crippen LogP contribution in [0.3, 0.4) is 0 Å². The van der Waals surface area contributed by atoms with Crippen molar-refractivity contribution in [3.63, 3.8) is 0 Å². The smallest absolute Gasteiger partial charge is 0.228 e. The minimum absolute atomic E-state index is 0.0685. The van der Waals surface area contributed by atoms with Gasteiger partial charge in [-0.25, -0.2) is 4.63 Å². The van der Waals surface area contributed by atoms with Crippen molar-refractivity contribution >= 4 is 5.91 Å². The Hall–Kier alpha value is -2.37. The minimum Gasteiger partial charge on any atom is -0.490 e. The number of rotatable bonds is 4. The number of carbonyl (C=O) groups is 1. The monoisotopic (exact) mass is 329 g/mol. The van der Waals surface area contributed by atoms with Crippen molar-refractivity contribution in [3.05, 3.63) is 40.7 Å². The molecule has 0 aliphatic carbocycles. The number of hydrogen-bond donors (Lipinski definition) is 0. The molecule has 1 aromatic carbocycles. The highest BCUT2D eigenvalue weighted by molar-refractivity contribution is 5.78. The number of amides is 1. The lowest BCUT2D eigenvalue weighted by Gasteiger charge is -2.32. The maximum atomic E-state index is 12.4. The molecule has 6 nitrogen and oxygen atoms in total. The van der Waals surface area contributed by atoms with Crippen molar-refractivity contribution in [3.8, 4) is 5.75 Å². The van der Waals surface area contributed by atoms with Gasteiger partial charge in [0, 0.05) is 25.9 Å². The number of benzene rings is 1. The van der Waals surface area contributed by atoms with Gasteiger partial charge in [0.1, 0.15) is 23.2 Å². The molecule has 2 aromatic rings. The van der Waals surface area contributed by atoms with Crippen LogP contribution in [0.25, 0.3) is 0 Å². The summed E-state index contributed by atoms with van der Waals surface area (Å²) in [5.74, 6) is 1.02. The van der Waals surface area contributed by atoms with Gasteiger partial charge in [0.2, 0.25) is 5.91 Å². The Morgan fingerprint density at radius 3 is 2.67 bits per heavy atom. The average molecular weight is 329 g/mol. The number of aromatic nitrogens is 2. The summed E-state index contributed by atoms with van der Waals surface area (Å²) in [6, 6.07) is 6.12. The predicted octanol–water partition coefficient (Wildman–Crippen LogP) is 2.61. The Balaban J connectivity index is 1.53. The van der Waals surface area contributed by atoms with Crippen molar-refractivity contribution in [2.75, 3.05) is 13.1 Å². The van der Waals surface area contributed by atoms with E-state index in [0.717, 1.165) is 18.6 Å². The first kappa shape index (κ1) is 16.5. The van der Waals surface area contributed by atoms with Crippen LogP contribution in [-0.2, 0) is 11.2 Å². The van der Waals surface area contributed by atoms with Crippen molar-refractivity contribution in [1.82, 2.24) is 15.2 Å². The van der Waals surface area contributed by atoms with Crippen molar-refractivity contribution in [2.24, 2.45) is 0 Å². The van der Waals surface area contributed by atoms with E-state index in [2.05, 4.69) is 34.9 Å². The zero-order valence-electron chi connectivity index (χ0n) is 14.4. The average Bonchev–Trinajstić information content (AvgIpc) is 2.97. The van der Waals surface area contributed by atoms with Crippen LogP contribution in [0.2, 0.25) is 0 Å². The van der Waals surface area contributed by atoms with Gasteiger partial charge in [-0.2, -0.15) is 0 Å². The molecule has 6 heteroatoms. The second-order valence-electron chi connectivity index (χ2n) is 6.37. The predicted molar refractivity (Wildman–Crippen MR) is 88.9 cm³/mol. The summed E-state index contributed by atoms with van der Waals surface area (Å²) in [7, 11) is 0. The molecule has 0 N–H and O–H groups in total. The van der Waals surface area contributed by atoms with E-state index in [0.29, 0.717) is 24.5 Å². The van der Waals surface area contributed by atoms with E-state index in [1.165, 1.54) is 11.1 Å². The number of hydrogen-bond acceptors (Lipinski definition) is 5. The molecule has 1 saturated heterocycles. The van der Waals surface area contributed by atoms with Crippen LogP contribution in [0.4, 0.5) is 0 Å². The highest BCUT2D eigenvalue weighted by Gasteiger charge is 2.25. The summed E-state index contributed by atoms with van der Waals surface area (Å²) in [5, 5.41) is 7.49. The lowest BCUT2D eigenvalue weighted by molar-refractivity contribution is -0.132. The minimum atomic E-state index is 0.0685. The molecule has 1 aliphatic rings. The van der Waals surface area contributed by atoms with Gasteiger partial charge < -0.3 is 9.64 Å². The maximum Gasteiger partial charge on any atom is 0.228 e. The number of piperidine rings is 1. The molecule has 0 bridgehead atoms. The van der Waals surface area contributed by atoms with Crippen LogP contribution in [0.15, 0.2) is 22.8 Å².